The lowest BCUT2D eigenvalue weighted by Gasteiger charge is -2.54. The molecule has 3 aromatic rings. The van der Waals surface area contributed by atoms with E-state index in [0.717, 1.165) is 36.6 Å². The first-order chi connectivity index (χ1) is 16.1. The maximum Gasteiger partial charge on any atom is 0.255 e. The van der Waals surface area contributed by atoms with Gasteiger partial charge in [0, 0.05) is 47.9 Å². The average Bonchev–Trinajstić information content (AvgIpc) is 3.17. The smallest absolute Gasteiger partial charge is 0.255 e. The second kappa shape index (κ2) is 8.89. The van der Waals surface area contributed by atoms with Gasteiger partial charge >= 0.3 is 0 Å². The monoisotopic (exact) mass is 446 g/mol. The topological polar surface area (TPSA) is 68.2 Å². The van der Waals surface area contributed by atoms with Crippen LogP contribution in [0.3, 0.4) is 0 Å². The predicted molar refractivity (Wildman–Crippen MR) is 122 cm³/mol. The molecule has 3 unspecified atom stereocenters. The van der Waals surface area contributed by atoms with Crippen LogP contribution >= 0.6 is 0 Å². The Bertz CT molecular complexity index is 1140. The largest absolute Gasteiger partial charge is 0.477 e. The zero-order valence-electron chi connectivity index (χ0n) is 18.8. The molecule has 6 nitrogen and oxygen atoms in total. The highest BCUT2D eigenvalue weighted by molar-refractivity contribution is 6.01. The Morgan fingerprint density at radius 2 is 1.97 bits per heavy atom. The van der Waals surface area contributed by atoms with Crippen molar-refractivity contribution < 1.29 is 13.9 Å². The van der Waals surface area contributed by atoms with E-state index in [9.17, 15) is 9.18 Å². The molecule has 0 spiro atoms. The van der Waals surface area contributed by atoms with E-state index in [-0.39, 0.29) is 29.7 Å². The highest BCUT2D eigenvalue weighted by Gasteiger charge is 2.56. The Morgan fingerprint density at radius 1 is 1.15 bits per heavy atom. The lowest BCUT2D eigenvalue weighted by atomic mass is 9.77. The number of hydrogen-bond acceptors (Lipinski definition) is 5. The lowest BCUT2D eigenvalue weighted by Crippen LogP contribution is -2.65. The van der Waals surface area contributed by atoms with E-state index in [1.54, 1.807) is 24.5 Å². The molecular formula is C26H27FN4O2. The first kappa shape index (κ1) is 21.5. The summed E-state index contributed by atoms with van der Waals surface area (Å²) in [5, 5.41) is 0. The lowest BCUT2D eigenvalue weighted by molar-refractivity contribution is -0.0411. The van der Waals surface area contributed by atoms with E-state index in [1.807, 2.05) is 25.1 Å². The number of halogens is 1. The Kier molecular flexibility index (Phi) is 5.79. The van der Waals surface area contributed by atoms with Gasteiger partial charge in [-0.05, 0) is 44.4 Å². The molecular weight excluding hydrogens is 419 g/mol. The van der Waals surface area contributed by atoms with Crippen molar-refractivity contribution >= 4 is 5.91 Å². The van der Waals surface area contributed by atoms with Gasteiger partial charge in [0.05, 0.1) is 18.4 Å². The molecule has 1 saturated heterocycles. The van der Waals surface area contributed by atoms with Crippen LogP contribution in [0.1, 0.15) is 42.1 Å². The van der Waals surface area contributed by atoms with Crippen molar-refractivity contribution in [1.29, 1.82) is 0 Å². The van der Waals surface area contributed by atoms with E-state index in [2.05, 4.69) is 26.8 Å². The van der Waals surface area contributed by atoms with Crippen LogP contribution in [0.5, 0.6) is 5.88 Å². The summed E-state index contributed by atoms with van der Waals surface area (Å²) in [5.41, 5.74) is 2.42. The summed E-state index contributed by atoms with van der Waals surface area (Å²) in [6.45, 7) is 4.60. The van der Waals surface area contributed by atoms with Crippen molar-refractivity contribution in [2.75, 3.05) is 6.61 Å². The van der Waals surface area contributed by atoms with E-state index < -0.39 is 0 Å². The molecule has 1 saturated carbocycles. The maximum atomic E-state index is 13.9. The van der Waals surface area contributed by atoms with Crippen molar-refractivity contribution in [3.05, 3.63) is 71.9 Å². The van der Waals surface area contributed by atoms with Crippen LogP contribution in [0, 0.1) is 24.6 Å². The zero-order valence-corrected chi connectivity index (χ0v) is 18.8. The number of ether oxygens (including phenoxy) is 1. The first-order valence-corrected chi connectivity index (χ1v) is 11.5. The molecule has 0 bridgehead atoms. The molecule has 5 rings (SSSR count). The fourth-order valence-electron chi connectivity index (χ4n) is 5.49. The number of fused-ring (bicyclic) bond motifs is 1. The zero-order chi connectivity index (χ0) is 22.9. The number of hydrogen-bond donors (Lipinski definition) is 0. The van der Waals surface area contributed by atoms with Gasteiger partial charge in [0.15, 0.2) is 5.82 Å². The van der Waals surface area contributed by atoms with Crippen LogP contribution in [-0.4, -0.2) is 44.4 Å². The van der Waals surface area contributed by atoms with Gasteiger partial charge in [0.1, 0.15) is 5.82 Å². The summed E-state index contributed by atoms with van der Waals surface area (Å²) in [4.78, 5) is 28.7. The molecule has 7 heteroatoms. The van der Waals surface area contributed by atoms with E-state index >= 15 is 0 Å². The molecule has 0 N–H and O–H groups in total. The summed E-state index contributed by atoms with van der Waals surface area (Å²) in [7, 11) is 0. The summed E-state index contributed by atoms with van der Waals surface area (Å²) in [6, 6.07) is 10.9. The minimum atomic E-state index is -0.388. The fraction of sp³-hybridized carbons (Fsp3) is 0.385. The second-order valence-corrected chi connectivity index (χ2v) is 8.93. The highest BCUT2D eigenvalue weighted by Crippen LogP contribution is 2.49. The quantitative estimate of drug-likeness (QED) is 0.549. The minimum Gasteiger partial charge on any atom is -0.477 e. The number of aryl methyl sites for hydroxylation is 1. The van der Waals surface area contributed by atoms with Gasteiger partial charge in [-0.15, -0.1) is 0 Å². The number of carbonyl (C=O) groups is 1. The number of carbonyl (C=O) groups excluding carboxylic acids is 1. The van der Waals surface area contributed by atoms with Crippen LogP contribution in [0.25, 0.3) is 11.4 Å². The third-order valence-corrected chi connectivity index (χ3v) is 6.98. The van der Waals surface area contributed by atoms with E-state index in [0.29, 0.717) is 29.8 Å². The van der Waals surface area contributed by atoms with Gasteiger partial charge in [-0.3, -0.25) is 4.79 Å². The molecule has 2 fully saturated rings. The van der Waals surface area contributed by atoms with Crippen molar-refractivity contribution in [2.24, 2.45) is 11.8 Å². The third-order valence-electron chi connectivity index (χ3n) is 6.98. The summed E-state index contributed by atoms with van der Waals surface area (Å²) < 4.78 is 19.0. The third kappa shape index (κ3) is 3.96. The first-order valence-electron chi connectivity index (χ1n) is 11.5. The van der Waals surface area contributed by atoms with Crippen molar-refractivity contribution in [3.63, 3.8) is 0 Å². The molecule has 1 amide bonds. The number of nitrogens with zero attached hydrogens (tertiary/aromatic N) is 4. The van der Waals surface area contributed by atoms with Gasteiger partial charge < -0.3 is 9.64 Å². The Labute approximate surface area is 192 Å². The number of aromatic nitrogens is 3. The molecule has 1 aliphatic heterocycles. The van der Waals surface area contributed by atoms with Crippen LogP contribution in [-0.2, 0) is 0 Å². The summed E-state index contributed by atoms with van der Waals surface area (Å²) in [5.74, 6) is 1.30. The SMILES string of the molecule is CCC1C2CC[C@@H](COc3ccc(F)cn3)C2N1C(=O)c1cc(C)ccc1-c1ncccn1. The second-order valence-electron chi connectivity index (χ2n) is 8.93. The Morgan fingerprint density at radius 3 is 2.70 bits per heavy atom. The maximum absolute atomic E-state index is 13.9. The summed E-state index contributed by atoms with van der Waals surface area (Å²) >= 11 is 0. The van der Waals surface area contributed by atoms with Crippen LogP contribution in [0.4, 0.5) is 4.39 Å². The Balaban J connectivity index is 1.40. The van der Waals surface area contributed by atoms with Gasteiger partial charge in [-0.1, -0.05) is 24.6 Å². The molecule has 3 heterocycles. The van der Waals surface area contributed by atoms with Gasteiger partial charge in [0.2, 0.25) is 5.88 Å². The molecule has 4 atom stereocenters. The highest BCUT2D eigenvalue weighted by atomic mass is 19.1. The molecule has 2 aromatic heterocycles. The molecule has 2 aliphatic rings. The van der Waals surface area contributed by atoms with Crippen LogP contribution < -0.4 is 4.74 Å². The number of amides is 1. The average molecular weight is 447 g/mol. The van der Waals surface area contributed by atoms with Crippen molar-refractivity contribution in [1.82, 2.24) is 19.9 Å². The van der Waals surface area contributed by atoms with Gasteiger partial charge in [0.25, 0.3) is 5.91 Å². The van der Waals surface area contributed by atoms with Crippen molar-refractivity contribution in [3.8, 4) is 17.3 Å². The van der Waals surface area contributed by atoms with Crippen LogP contribution in [0.15, 0.2) is 55.0 Å². The molecule has 0 radical (unpaired) electrons. The van der Waals surface area contributed by atoms with Crippen LogP contribution in [0.2, 0.25) is 0 Å². The number of likely N-dealkylation sites (tertiary alicyclic amines) is 1. The van der Waals surface area contributed by atoms with Crippen molar-refractivity contribution in [2.45, 2.75) is 45.2 Å². The molecule has 170 valence electrons. The normalized spacial score (nSPS) is 23.7. The molecule has 33 heavy (non-hydrogen) atoms. The fourth-order valence-corrected chi connectivity index (χ4v) is 5.49. The van der Waals surface area contributed by atoms with E-state index in [4.69, 9.17) is 4.74 Å². The molecule has 1 aliphatic carbocycles. The predicted octanol–water partition coefficient (Wildman–Crippen LogP) is 4.69. The number of benzene rings is 1. The standard InChI is InChI=1S/C26H27FN4O2/c1-3-22-20-9-6-17(15-33-23-10-7-18(27)14-30-23)24(20)31(22)26(32)21-13-16(2)5-8-19(21)25-28-11-4-12-29-25/h4-5,7-8,10-14,17,20,22,24H,3,6,9,15H2,1-2H3/t17-,20?,22?,24?/m0/s1. The van der Waals surface area contributed by atoms with E-state index in [1.165, 1.54) is 6.07 Å². The Hall–Kier alpha value is -3.35. The molecule has 1 aromatic carbocycles. The number of rotatable bonds is 6. The summed E-state index contributed by atoms with van der Waals surface area (Å²) in [6.07, 6.45) is 7.55. The minimum absolute atomic E-state index is 0.0288. The van der Waals surface area contributed by atoms with Gasteiger partial charge in [-0.2, -0.15) is 0 Å². The number of pyridine rings is 1. The van der Waals surface area contributed by atoms with Gasteiger partial charge in [-0.25, -0.2) is 19.3 Å².